The first kappa shape index (κ1) is 7.06. The van der Waals surface area contributed by atoms with Crippen molar-refractivity contribution in [3.8, 4) is 11.8 Å². The molecule has 3 heteroatoms. The normalized spacial score (nSPS) is 29.2. The summed E-state index contributed by atoms with van der Waals surface area (Å²) in [5.41, 5.74) is 1.83. The van der Waals surface area contributed by atoms with Crippen molar-refractivity contribution in [3.05, 3.63) is 23.3 Å². The van der Waals surface area contributed by atoms with Crippen LogP contribution >= 0.6 is 0 Å². The van der Waals surface area contributed by atoms with E-state index in [4.69, 9.17) is 0 Å². The van der Waals surface area contributed by atoms with Crippen molar-refractivity contribution in [1.29, 1.82) is 0 Å². The lowest BCUT2D eigenvalue weighted by molar-refractivity contribution is 0.422. The Bertz CT molecular complexity index is 357. The molecule has 1 aromatic heterocycles. The van der Waals surface area contributed by atoms with Gasteiger partial charge in [-0.05, 0) is 12.8 Å². The van der Waals surface area contributed by atoms with Crippen LogP contribution in [0.3, 0.4) is 0 Å². The number of aromatic amines is 1. The summed E-state index contributed by atoms with van der Waals surface area (Å²) in [7, 11) is 0. The van der Waals surface area contributed by atoms with Gasteiger partial charge in [-0.25, -0.2) is 0 Å². The van der Waals surface area contributed by atoms with Gasteiger partial charge in [-0.15, -0.1) is 0 Å². The fourth-order valence-electron chi connectivity index (χ4n) is 2.55. The largest absolute Gasteiger partial charge is 0.494 e. The average Bonchev–Trinajstić information content (AvgIpc) is 2.47. The molecule has 0 fully saturated rings. The molecule has 2 bridgehead atoms. The van der Waals surface area contributed by atoms with Gasteiger partial charge in [0.05, 0.1) is 0 Å². The molecule has 0 amide bonds. The third-order valence-electron chi connectivity index (χ3n) is 3.14. The van der Waals surface area contributed by atoms with Gasteiger partial charge in [-0.2, -0.15) is 0 Å². The number of aromatic nitrogens is 1. The molecule has 3 N–H and O–H groups in total. The molecular formula is C10H11NO2. The van der Waals surface area contributed by atoms with Crippen LogP contribution in [0.4, 0.5) is 0 Å². The molecule has 1 heterocycles. The SMILES string of the molecule is Oc1[nH]c(O)c2c1C1C=CC2CC1. The van der Waals surface area contributed by atoms with Crippen LogP contribution in [0.5, 0.6) is 11.8 Å². The van der Waals surface area contributed by atoms with Crippen LogP contribution in [0.25, 0.3) is 0 Å². The van der Waals surface area contributed by atoms with Crippen LogP contribution in [0.15, 0.2) is 12.2 Å². The van der Waals surface area contributed by atoms with Crippen molar-refractivity contribution in [2.45, 2.75) is 24.7 Å². The predicted molar refractivity (Wildman–Crippen MR) is 48.0 cm³/mol. The monoisotopic (exact) mass is 177 g/mol. The van der Waals surface area contributed by atoms with E-state index < -0.39 is 0 Å². The Labute approximate surface area is 75.7 Å². The van der Waals surface area contributed by atoms with E-state index in [1.807, 2.05) is 0 Å². The van der Waals surface area contributed by atoms with Crippen LogP contribution < -0.4 is 0 Å². The summed E-state index contributed by atoms with van der Waals surface area (Å²) in [6, 6.07) is 0. The van der Waals surface area contributed by atoms with Crippen molar-refractivity contribution in [2.24, 2.45) is 0 Å². The fourth-order valence-corrected chi connectivity index (χ4v) is 2.55. The zero-order valence-corrected chi connectivity index (χ0v) is 7.12. The molecule has 0 aliphatic heterocycles. The van der Waals surface area contributed by atoms with Crippen molar-refractivity contribution < 1.29 is 10.2 Å². The second kappa shape index (κ2) is 2.10. The van der Waals surface area contributed by atoms with Crippen LogP contribution in [0.1, 0.15) is 35.8 Å². The molecule has 2 atom stereocenters. The fraction of sp³-hybridized carbons (Fsp3) is 0.400. The molecule has 3 aliphatic rings. The summed E-state index contributed by atoms with van der Waals surface area (Å²) < 4.78 is 0. The number of hydrogen-bond acceptors (Lipinski definition) is 2. The number of H-pyrrole nitrogens is 1. The first-order chi connectivity index (χ1) is 6.27. The van der Waals surface area contributed by atoms with Gasteiger partial charge >= 0.3 is 0 Å². The van der Waals surface area contributed by atoms with E-state index >= 15 is 0 Å². The molecule has 68 valence electrons. The standard InChI is InChI=1S/C10H11NO2/c12-9-7-5-1-2-6(4-3-5)8(7)10(13)11-9/h1-2,5-6,11-13H,3-4H2. The number of hydrogen-bond donors (Lipinski definition) is 3. The zero-order valence-electron chi connectivity index (χ0n) is 7.12. The highest BCUT2D eigenvalue weighted by Gasteiger charge is 2.35. The maximum Gasteiger partial charge on any atom is 0.195 e. The molecule has 0 radical (unpaired) electrons. The minimum Gasteiger partial charge on any atom is -0.494 e. The molecule has 3 aliphatic carbocycles. The van der Waals surface area contributed by atoms with E-state index in [-0.39, 0.29) is 11.8 Å². The molecule has 13 heavy (non-hydrogen) atoms. The molecule has 0 saturated carbocycles. The van der Waals surface area contributed by atoms with E-state index in [0.717, 1.165) is 24.0 Å². The molecule has 3 nitrogen and oxygen atoms in total. The molecule has 4 rings (SSSR count). The van der Waals surface area contributed by atoms with Crippen LogP contribution in [0.2, 0.25) is 0 Å². The van der Waals surface area contributed by atoms with E-state index in [1.165, 1.54) is 0 Å². The molecular weight excluding hydrogens is 166 g/mol. The van der Waals surface area contributed by atoms with Gasteiger partial charge in [0, 0.05) is 23.0 Å². The number of aromatic hydroxyl groups is 2. The van der Waals surface area contributed by atoms with Gasteiger partial charge in [0.25, 0.3) is 0 Å². The van der Waals surface area contributed by atoms with E-state index in [2.05, 4.69) is 17.1 Å². The van der Waals surface area contributed by atoms with Crippen LogP contribution in [0, 0.1) is 0 Å². The maximum absolute atomic E-state index is 9.55. The van der Waals surface area contributed by atoms with E-state index in [9.17, 15) is 10.2 Å². The number of allylic oxidation sites excluding steroid dienone is 2. The van der Waals surface area contributed by atoms with Gasteiger partial charge < -0.3 is 10.2 Å². The lowest BCUT2D eigenvalue weighted by Crippen LogP contribution is -2.15. The lowest BCUT2D eigenvalue weighted by atomic mass is 9.73. The van der Waals surface area contributed by atoms with E-state index in [1.54, 1.807) is 0 Å². The summed E-state index contributed by atoms with van der Waals surface area (Å²) >= 11 is 0. The Morgan fingerprint density at radius 3 is 1.85 bits per heavy atom. The quantitative estimate of drug-likeness (QED) is 0.530. The smallest absolute Gasteiger partial charge is 0.195 e. The topological polar surface area (TPSA) is 56.2 Å². The van der Waals surface area contributed by atoms with Gasteiger partial charge in [0.15, 0.2) is 11.8 Å². The van der Waals surface area contributed by atoms with Crippen LogP contribution in [-0.4, -0.2) is 15.2 Å². The van der Waals surface area contributed by atoms with Gasteiger partial charge in [0.1, 0.15) is 0 Å². The van der Waals surface area contributed by atoms with Gasteiger partial charge in [-0.3, -0.25) is 4.98 Å². The second-order valence-corrected chi connectivity index (χ2v) is 3.82. The van der Waals surface area contributed by atoms with Crippen molar-refractivity contribution in [3.63, 3.8) is 0 Å². The third kappa shape index (κ3) is 0.742. The molecule has 0 saturated heterocycles. The highest BCUT2D eigenvalue weighted by molar-refractivity contribution is 5.54. The first-order valence-corrected chi connectivity index (χ1v) is 4.59. The number of nitrogens with one attached hydrogen (secondary N) is 1. The molecule has 0 aromatic carbocycles. The highest BCUT2D eigenvalue weighted by atomic mass is 16.3. The zero-order chi connectivity index (χ0) is 9.00. The highest BCUT2D eigenvalue weighted by Crippen LogP contribution is 2.51. The Hall–Kier alpha value is -1.38. The second-order valence-electron chi connectivity index (χ2n) is 3.82. The summed E-state index contributed by atoms with van der Waals surface area (Å²) in [5, 5.41) is 19.1. The third-order valence-corrected chi connectivity index (χ3v) is 3.14. The first-order valence-electron chi connectivity index (χ1n) is 4.59. The summed E-state index contributed by atoms with van der Waals surface area (Å²) in [6.07, 6.45) is 6.42. The lowest BCUT2D eigenvalue weighted by Gasteiger charge is -2.30. The Balaban J connectivity index is 2.29. The number of rotatable bonds is 0. The summed E-state index contributed by atoms with van der Waals surface area (Å²) in [5.74, 6) is 0.896. The average molecular weight is 177 g/mol. The summed E-state index contributed by atoms with van der Waals surface area (Å²) in [4.78, 5) is 2.59. The number of fused-ring (bicyclic) bond motifs is 1. The molecule has 0 spiro atoms. The maximum atomic E-state index is 9.55. The van der Waals surface area contributed by atoms with E-state index in [0.29, 0.717) is 11.8 Å². The van der Waals surface area contributed by atoms with Crippen molar-refractivity contribution in [1.82, 2.24) is 4.98 Å². The predicted octanol–water partition coefficient (Wildman–Crippen LogP) is 1.96. The summed E-state index contributed by atoms with van der Waals surface area (Å²) in [6.45, 7) is 0. The van der Waals surface area contributed by atoms with Gasteiger partial charge in [-0.1, -0.05) is 12.2 Å². The Kier molecular flexibility index (Phi) is 1.14. The Morgan fingerprint density at radius 1 is 1.00 bits per heavy atom. The Morgan fingerprint density at radius 2 is 1.46 bits per heavy atom. The molecule has 1 aromatic rings. The van der Waals surface area contributed by atoms with Crippen molar-refractivity contribution >= 4 is 0 Å². The molecule has 2 unspecified atom stereocenters. The minimum absolute atomic E-state index is 0.145. The van der Waals surface area contributed by atoms with Gasteiger partial charge in [0.2, 0.25) is 0 Å². The van der Waals surface area contributed by atoms with Crippen LogP contribution in [-0.2, 0) is 0 Å². The van der Waals surface area contributed by atoms with Crippen molar-refractivity contribution in [2.75, 3.05) is 0 Å². The minimum atomic E-state index is 0.145.